The molecule has 102 valence electrons. The summed E-state index contributed by atoms with van der Waals surface area (Å²) in [5.41, 5.74) is 2.68. The standard InChI is InChI=1S/C15H26N2O/c1-4-13-6-7-15(18-3)14(12-13)8-11-17-10-5-9-16-2/h6-7,12,16-17H,4-5,8-11H2,1-3H3. The Morgan fingerprint density at radius 2 is 2.00 bits per heavy atom. The largest absolute Gasteiger partial charge is 0.496 e. The maximum Gasteiger partial charge on any atom is 0.122 e. The average molecular weight is 250 g/mol. The number of hydrogen-bond donors (Lipinski definition) is 2. The van der Waals surface area contributed by atoms with Gasteiger partial charge in [-0.25, -0.2) is 0 Å². The van der Waals surface area contributed by atoms with Crippen LogP contribution in [0.15, 0.2) is 18.2 Å². The Labute approximate surface area is 111 Å². The van der Waals surface area contributed by atoms with Crippen molar-refractivity contribution in [3.05, 3.63) is 29.3 Å². The third kappa shape index (κ3) is 5.07. The van der Waals surface area contributed by atoms with Crippen molar-refractivity contribution in [3.8, 4) is 5.75 Å². The minimum atomic E-state index is 1.00. The number of ether oxygens (including phenoxy) is 1. The molecule has 3 heteroatoms. The van der Waals surface area contributed by atoms with Crippen molar-refractivity contribution in [2.45, 2.75) is 26.2 Å². The van der Waals surface area contributed by atoms with Gasteiger partial charge in [0, 0.05) is 0 Å². The van der Waals surface area contributed by atoms with Crippen LogP contribution in [0.5, 0.6) is 5.75 Å². The number of nitrogens with one attached hydrogen (secondary N) is 2. The summed E-state index contributed by atoms with van der Waals surface area (Å²) in [5.74, 6) is 1.00. The Hall–Kier alpha value is -1.06. The third-order valence-corrected chi connectivity index (χ3v) is 3.10. The zero-order valence-corrected chi connectivity index (χ0v) is 11.9. The molecule has 0 aliphatic carbocycles. The van der Waals surface area contributed by atoms with E-state index in [9.17, 15) is 0 Å². The molecule has 0 heterocycles. The first-order chi connectivity index (χ1) is 8.81. The summed E-state index contributed by atoms with van der Waals surface area (Å²) in [6.07, 6.45) is 3.27. The van der Waals surface area contributed by atoms with Gasteiger partial charge in [0.05, 0.1) is 7.11 Å². The summed E-state index contributed by atoms with van der Waals surface area (Å²) < 4.78 is 5.40. The number of methoxy groups -OCH3 is 1. The van der Waals surface area contributed by atoms with Gasteiger partial charge < -0.3 is 15.4 Å². The van der Waals surface area contributed by atoms with E-state index < -0.39 is 0 Å². The smallest absolute Gasteiger partial charge is 0.122 e. The van der Waals surface area contributed by atoms with Crippen LogP contribution in [0.25, 0.3) is 0 Å². The lowest BCUT2D eigenvalue weighted by Crippen LogP contribution is -2.22. The van der Waals surface area contributed by atoms with Crippen LogP contribution < -0.4 is 15.4 Å². The highest BCUT2D eigenvalue weighted by molar-refractivity contribution is 5.37. The van der Waals surface area contributed by atoms with Gasteiger partial charge in [0.2, 0.25) is 0 Å². The fourth-order valence-electron chi connectivity index (χ4n) is 1.99. The lowest BCUT2D eigenvalue weighted by atomic mass is 10.1. The second-order valence-corrected chi connectivity index (χ2v) is 4.46. The zero-order valence-electron chi connectivity index (χ0n) is 11.9. The van der Waals surface area contributed by atoms with Crippen molar-refractivity contribution in [2.24, 2.45) is 0 Å². The molecule has 0 aliphatic rings. The zero-order chi connectivity index (χ0) is 13.2. The highest BCUT2D eigenvalue weighted by Gasteiger charge is 2.03. The monoisotopic (exact) mass is 250 g/mol. The van der Waals surface area contributed by atoms with Crippen molar-refractivity contribution in [2.75, 3.05) is 33.8 Å². The summed E-state index contributed by atoms with van der Waals surface area (Å²) >= 11 is 0. The van der Waals surface area contributed by atoms with E-state index in [0.29, 0.717) is 0 Å². The van der Waals surface area contributed by atoms with E-state index in [4.69, 9.17) is 4.74 Å². The van der Waals surface area contributed by atoms with E-state index in [2.05, 4.69) is 35.8 Å². The summed E-state index contributed by atoms with van der Waals surface area (Å²) in [6.45, 7) is 5.33. The molecule has 2 N–H and O–H groups in total. The molecule has 0 amide bonds. The van der Waals surface area contributed by atoms with Crippen molar-refractivity contribution in [1.82, 2.24) is 10.6 Å². The van der Waals surface area contributed by atoms with E-state index >= 15 is 0 Å². The van der Waals surface area contributed by atoms with Gasteiger partial charge in [0.25, 0.3) is 0 Å². The highest BCUT2D eigenvalue weighted by atomic mass is 16.5. The maximum atomic E-state index is 5.40. The van der Waals surface area contributed by atoms with Gasteiger partial charge in [-0.3, -0.25) is 0 Å². The first kappa shape index (κ1) is 15.0. The average Bonchev–Trinajstić information content (AvgIpc) is 2.42. The first-order valence-corrected chi connectivity index (χ1v) is 6.83. The molecule has 1 aromatic carbocycles. The van der Waals surface area contributed by atoms with Crippen LogP contribution in [0.4, 0.5) is 0 Å². The molecular formula is C15H26N2O. The van der Waals surface area contributed by atoms with Crippen LogP contribution in [0.1, 0.15) is 24.5 Å². The molecule has 18 heavy (non-hydrogen) atoms. The topological polar surface area (TPSA) is 33.3 Å². The van der Waals surface area contributed by atoms with Gasteiger partial charge in [0.1, 0.15) is 5.75 Å². The van der Waals surface area contributed by atoms with Gasteiger partial charge in [-0.1, -0.05) is 19.1 Å². The first-order valence-electron chi connectivity index (χ1n) is 6.83. The van der Waals surface area contributed by atoms with Crippen LogP contribution in [0.2, 0.25) is 0 Å². The number of aryl methyl sites for hydroxylation is 1. The van der Waals surface area contributed by atoms with Gasteiger partial charge >= 0.3 is 0 Å². The van der Waals surface area contributed by atoms with Gasteiger partial charge in [-0.2, -0.15) is 0 Å². The summed E-state index contributed by atoms with van der Waals surface area (Å²) in [5, 5.41) is 6.61. The van der Waals surface area contributed by atoms with E-state index in [0.717, 1.165) is 38.2 Å². The molecule has 0 bridgehead atoms. The minimum absolute atomic E-state index is 1.00. The SMILES string of the molecule is CCc1ccc(OC)c(CCNCCCNC)c1. The van der Waals surface area contributed by atoms with Crippen LogP contribution in [0, 0.1) is 0 Å². The van der Waals surface area contributed by atoms with Crippen LogP contribution in [-0.4, -0.2) is 33.8 Å². The second-order valence-electron chi connectivity index (χ2n) is 4.46. The predicted molar refractivity (Wildman–Crippen MR) is 77.5 cm³/mol. The van der Waals surface area contributed by atoms with Gasteiger partial charge in [-0.05, 0) is 63.1 Å². The van der Waals surface area contributed by atoms with Crippen LogP contribution in [0.3, 0.4) is 0 Å². The fourth-order valence-corrected chi connectivity index (χ4v) is 1.99. The molecule has 0 radical (unpaired) electrons. The van der Waals surface area contributed by atoms with E-state index in [1.54, 1.807) is 7.11 Å². The third-order valence-electron chi connectivity index (χ3n) is 3.10. The van der Waals surface area contributed by atoms with Gasteiger partial charge in [-0.15, -0.1) is 0 Å². The molecule has 0 atom stereocenters. The van der Waals surface area contributed by atoms with E-state index in [-0.39, 0.29) is 0 Å². The predicted octanol–water partition coefficient (Wildman–Crippen LogP) is 2.00. The highest BCUT2D eigenvalue weighted by Crippen LogP contribution is 2.20. The molecule has 0 saturated heterocycles. The molecule has 1 aromatic rings. The molecule has 0 aliphatic heterocycles. The Balaban J connectivity index is 2.39. The molecule has 1 rings (SSSR count). The summed E-state index contributed by atoms with van der Waals surface area (Å²) in [6, 6.07) is 6.48. The Morgan fingerprint density at radius 3 is 2.67 bits per heavy atom. The van der Waals surface area contributed by atoms with E-state index in [1.165, 1.54) is 17.5 Å². The second kappa shape index (κ2) is 8.95. The lowest BCUT2D eigenvalue weighted by molar-refractivity contribution is 0.409. The molecule has 3 nitrogen and oxygen atoms in total. The van der Waals surface area contributed by atoms with Crippen LogP contribution >= 0.6 is 0 Å². The Bertz CT molecular complexity index is 339. The molecule has 0 saturated carbocycles. The Kier molecular flexibility index (Phi) is 7.46. The normalized spacial score (nSPS) is 10.6. The number of rotatable bonds is 9. The molecule has 0 unspecified atom stereocenters. The van der Waals surface area contributed by atoms with Crippen molar-refractivity contribution < 1.29 is 4.74 Å². The van der Waals surface area contributed by atoms with E-state index in [1.807, 2.05) is 7.05 Å². The fraction of sp³-hybridized carbons (Fsp3) is 0.600. The quantitative estimate of drug-likeness (QED) is 0.658. The summed E-state index contributed by atoms with van der Waals surface area (Å²) in [4.78, 5) is 0. The van der Waals surface area contributed by atoms with Crippen molar-refractivity contribution in [1.29, 1.82) is 0 Å². The molecule has 0 aromatic heterocycles. The molecular weight excluding hydrogens is 224 g/mol. The van der Waals surface area contributed by atoms with Crippen molar-refractivity contribution in [3.63, 3.8) is 0 Å². The number of hydrogen-bond acceptors (Lipinski definition) is 3. The lowest BCUT2D eigenvalue weighted by Gasteiger charge is -2.11. The number of benzene rings is 1. The Morgan fingerprint density at radius 1 is 1.17 bits per heavy atom. The minimum Gasteiger partial charge on any atom is -0.496 e. The summed E-state index contributed by atoms with van der Waals surface area (Å²) in [7, 11) is 3.73. The molecule has 0 spiro atoms. The van der Waals surface area contributed by atoms with Gasteiger partial charge in [0.15, 0.2) is 0 Å². The van der Waals surface area contributed by atoms with Crippen LogP contribution in [-0.2, 0) is 12.8 Å². The molecule has 0 fully saturated rings. The maximum absolute atomic E-state index is 5.40. The van der Waals surface area contributed by atoms with Crippen molar-refractivity contribution >= 4 is 0 Å².